The third-order valence-corrected chi connectivity index (χ3v) is 17.2. The number of nitrogens with zero attached hydrogens (tertiary/aromatic N) is 4. The second kappa shape index (κ2) is 22.0. The Morgan fingerprint density at radius 2 is 0.762 bits per heavy atom. The molecule has 408 valence electrons. The van der Waals surface area contributed by atoms with Crippen molar-refractivity contribution in [2.24, 2.45) is 0 Å². The fraction of sp³-hybridized carbons (Fsp3) is 0.100. The number of fused-ring (bicyclic) bond motifs is 4. The second-order valence-corrected chi connectivity index (χ2v) is 23.2. The molecule has 0 aromatic heterocycles. The molecule has 0 N–H and O–H groups in total. The standard InChI is InChI=1S/C80H68N4/c1-8-22-63(9-2)81(64-23-14-10-15-24-64)68-44-40-61(41-45-68)62-42-46-69(47-43-62)82(65-25-16-11-17-26-65)70-48-50-76-72(53-70)80(6,7)74-55-77-73(54-78(74)84(76)67-29-20-13-21-30-67)79(4,5)71-52-58(35-49-75(71)83(77)66-27-18-12-19-28-66)51-57-33-38-60(39-34-57)59-36-31-56(3)32-37-59/h8-50,52-55H,1-2,51H2,3-7H3/b63-22+. The molecule has 2 heterocycles. The van der Waals surface area contributed by atoms with Gasteiger partial charge in [0, 0.05) is 56.3 Å². The van der Waals surface area contributed by atoms with Gasteiger partial charge in [-0.25, -0.2) is 0 Å². The van der Waals surface area contributed by atoms with E-state index in [4.69, 9.17) is 0 Å². The molecule has 2 aliphatic rings. The zero-order valence-electron chi connectivity index (χ0n) is 48.5. The lowest BCUT2D eigenvalue weighted by Gasteiger charge is -2.47. The molecule has 4 heteroatoms. The van der Waals surface area contributed by atoms with Gasteiger partial charge in [0.15, 0.2) is 0 Å². The Balaban J connectivity index is 0.884. The van der Waals surface area contributed by atoms with E-state index in [2.05, 4.69) is 328 Å². The third kappa shape index (κ3) is 9.69. The topological polar surface area (TPSA) is 13.0 Å². The van der Waals surface area contributed by atoms with Crippen molar-refractivity contribution in [2.45, 2.75) is 51.9 Å². The summed E-state index contributed by atoms with van der Waals surface area (Å²) in [6.45, 7) is 19.9. The summed E-state index contributed by atoms with van der Waals surface area (Å²) in [7, 11) is 0. The van der Waals surface area contributed by atoms with Crippen LogP contribution in [0.25, 0.3) is 22.3 Å². The number of hydrogen-bond donors (Lipinski definition) is 0. The maximum atomic E-state index is 4.13. The minimum atomic E-state index is -0.422. The molecule has 0 atom stereocenters. The molecule has 0 saturated carbocycles. The van der Waals surface area contributed by atoms with E-state index < -0.39 is 5.41 Å². The minimum absolute atomic E-state index is 0.343. The summed E-state index contributed by atoms with van der Waals surface area (Å²) in [5.41, 5.74) is 26.3. The van der Waals surface area contributed by atoms with Crippen LogP contribution in [0.4, 0.5) is 62.6 Å². The fourth-order valence-corrected chi connectivity index (χ4v) is 12.8. The first-order chi connectivity index (χ1) is 41.0. The van der Waals surface area contributed by atoms with Crippen molar-refractivity contribution < 1.29 is 0 Å². The summed E-state index contributed by atoms with van der Waals surface area (Å²) < 4.78 is 0. The Morgan fingerprint density at radius 3 is 1.26 bits per heavy atom. The van der Waals surface area contributed by atoms with Crippen molar-refractivity contribution in [3.63, 3.8) is 0 Å². The number of anilines is 11. The number of allylic oxidation sites excluding steroid dienone is 3. The molecule has 13 rings (SSSR count). The van der Waals surface area contributed by atoms with Crippen molar-refractivity contribution >= 4 is 62.6 Å². The molecule has 0 amide bonds. The van der Waals surface area contributed by atoms with E-state index in [9.17, 15) is 0 Å². The monoisotopic (exact) mass is 1080 g/mol. The first-order valence-electron chi connectivity index (χ1n) is 29.2. The zero-order chi connectivity index (χ0) is 57.5. The number of aryl methyl sites for hydroxylation is 1. The summed E-state index contributed by atoms with van der Waals surface area (Å²) in [4.78, 5) is 9.62. The maximum Gasteiger partial charge on any atom is 0.0507 e. The van der Waals surface area contributed by atoms with Crippen LogP contribution in [0.5, 0.6) is 0 Å². The van der Waals surface area contributed by atoms with Crippen LogP contribution in [0, 0.1) is 6.92 Å². The Morgan fingerprint density at radius 1 is 0.381 bits per heavy atom. The van der Waals surface area contributed by atoms with Crippen LogP contribution < -0.4 is 19.6 Å². The molecule has 4 nitrogen and oxygen atoms in total. The van der Waals surface area contributed by atoms with Gasteiger partial charge in [-0.15, -0.1) is 0 Å². The van der Waals surface area contributed by atoms with Crippen LogP contribution in [0.1, 0.15) is 66.6 Å². The van der Waals surface area contributed by atoms with Gasteiger partial charge < -0.3 is 19.6 Å². The number of para-hydroxylation sites is 4. The Labute approximate surface area is 496 Å². The molecule has 11 aromatic carbocycles. The highest BCUT2D eigenvalue weighted by atomic mass is 15.2. The SMILES string of the molecule is C=C/C=C(\C=C)N(c1ccccc1)c1ccc(-c2ccc(N(c3ccccc3)c3ccc4c(c3)C(C)(C)c3cc5c(cc3N4c3ccccc3)C(C)(C)c3cc(Cc4ccc(-c6ccc(C)cc6)cc4)ccc3N5c3ccccc3)cc2)cc1. The molecular weight excluding hydrogens is 1020 g/mol. The number of rotatable bonds is 14. The van der Waals surface area contributed by atoms with Crippen molar-refractivity contribution in [3.8, 4) is 22.3 Å². The number of benzene rings is 11. The summed E-state index contributed by atoms with van der Waals surface area (Å²) in [6.07, 6.45) is 6.51. The molecule has 0 bridgehead atoms. The quantitative estimate of drug-likeness (QED) is 0.101. The molecule has 11 aromatic rings. The molecule has 0 fully saturated rings. The van der Waals surface area contributed by atoms with Crippen molar-refractivity contribution in [1.82, 2.24) is 0 Å². The summed E-state index contributed by atoms with van der Waals surface area (Å²) >= 11 is 0. The predicted octanol–water partition coefficient (Wildman–Crippen LogP) is 22.0. The largest absolute Gasteiger partial charge is 0.311 e. The number of hydrogen-bond acceptors (Lipinski definition) is 4. The summed E-state index contributed by atoms with van der Waals surface area (Å²) in [6, 6.07) is 98.0. The summed E-state index contributed by atoms with van der Waals surface area (Å²) in [5, 5.41) is 0. The smallest absolute Gasteiger partial charge is 0.0507 e. The average Bonchev–Trinajstić information content (AvgIpc) is 1.43. The highest BCUT2D eigenvalue weighted by Crippen LogP contribution is 2.59. The van der Waals surface area contributed by atoms with Gasteiger partial charge in [-0.3, -0.25) is 0 Å². The Kier molecular flexibility index (Phi) is 13.9. The lowest BCUT2D eigenvalue weighted by molar-refractivity contribution is 0.615. The van der Waals surface area contributed by atoms with Gasteiger partial charge >= 0.3 is 0 Å². The second-order valence-electron chi connectivity index (χ2n) is 23.2. The van der Waals surface area contributed by atoms with E-state index in [0.717, 1.165) is 63.1 Å². The van der Waals surface area contributed by atoms with Gasteiger partial charge in [0.25, 0.3) is 0 Å². The van der Waals surface area contributed by atoms with Gasteiger partial charge in [0.05, 0.1) is 22.7 Å². The van der Waals surface area contributed by atoms with Gasteiger partial charge in [-0.2, -0.15) is 0 Å². The molecule has 0 unspecified atom stereocenters. The molecule has 0 aliphatic carbocycles. The molecule has 0 saturated heterocycles. The highest BCUT2D eigenvalue weighted by molar-refractivity contribution is 5.94. The molecule has 0 spiro atoms. The van der Waals surface area contributed by atoms with Crippen LogP contribution in [-0.4, -0.2) is 0 Å². The van der Waals surface area contributed by atoms with E-state index in [1.807, 2.05) is 18.2 Å². The van der Waals surface area contributed by atoms with Crippen LogP contribution in [0.15, 0.2) is 304 Å². The maximum absolute atomic E-state index is 4.13. The van der Waals surface area contributed by atoms with Crippen molar-refractivity contribution in [1.29, 1.82) is 0 Å². The van der Waals surface area contributed by atoms with Crippen LogP contribution in [0.2, 0.25) is 0 Å². The predicted molar refractivity (Wildman–Crippen MR) is 357 cm³/mol. The molecule has 0 radical (unpaired) electrons. The van der Waals surface area contributed by atoms with Crippen LogP contribution in [0.3, 0.4) is 0 Å². The summed E-state index contributed by atoms with van der Waals surface area (Å²) in [5.74, 6) is 0. The minimum Gasteiger partial charge on any atom is -0.311 e. The molecule has 84 heavy (non-hydrogen) atoms. The van der Waals surface area contributed by atoms with E-state index in [1.165, 1.54) is 72.8 Å². The Hall–Kier alpha value is -10.2. The zero-order valence-corrected chi connectivity index (χ0v) is 48.5. The average molecular weight is 1090 g/mol. The lowest BCUT2D eigenvalue weighted by atomic mass is 9.68. The van der Waals surface area contributed by atoms with E-state index >= 15 is 0 Å². The molecular formula is C80H68N4. The van der Waals surface area contributed by atoms with Crippen molar-refractivity contribution in [2.75, 3.05) is 19.6 Å². The first-order valence-corrected chi connectivity index (χ1v) is 29.2. The van der Waals surface area contributed by atoms with Crippen molar-refractivity contribution in [3.05, 3.63) is 343 Å². The normalized spacial score (nSPS) is 13.7. The fourth-order valence-electron chi connectivity index (χ4n) is 12.8. The highest BCUT2D eigenvalue weighted by Gasteiger charge is 2.43. The van der Waals surface area contributed by atoms with Gasteiger partial charge in [0.2, 0.25) is 0 Å². The van der Waals surface area contributed by atoms with E-state index in [1.54, 1.807) is 6.08 Å². The van der Waals surface area contributed by atoms with E-state index in [-0.39, 0.29) is 5.41 Å². The van der Waals surface area contributed by atoms with Gasteiger partial charge in [-0.05, 0) is 190 Å². The molecule has 2 aliphatic heterocycles. The van der Waals surface area contributed by atoms with Gasteiger partial charge in [0.1, 0.15) is 0 Å². The van der Waals surface area contributed by atoms with Crippen LogP contribution in [-0.2, 0) is 17.3 Å². The Bertz CT molecular complexity index is 4220. The first kappa shape index (κ1) is 53.2. The van der Waals surface area contributed by atoms with E-state index in [0.29, 0.717) is 0 Å². The van der Waals surface area contributed by atoms with Gasteiger partial charge in [-0.1, -0.05) is 210 Å². The lowest BCUT2D eigenvalue weighted by Crippen LogP contribution is -2.35. The van der Waals surface area contributed by atoms with Crippen LogP contribution >= 0.6 is 0 Å². The third-order valence-electron chi connectivity index (χ3n) is 17.2.